The predicted molar refractivity (Wildman–Crippen MR) is 111 cm³/mol. The van der Waals surface area contributed by atoms with Crippen LogP contribution >= 0.6 is 0 Å². The second kappa shape index (κ2) is 7.81. The molecule has 3 aromatic rings. The van der Waals surface area contributed by atoms with E-state index in [2.05, 4.69) is 25.4 Å². The minimum absolute atomic E-state index is 0.0588. The Kier molecular flexibility index (Phi) is 5.00. The van der Waals surface area contributed by atoms with Gasteiger partial charge in [-0.25, -0.2) is 4.68 Å². The number of ether oxygens (including phenoxy) is 1. The Bertz CT molecular complexity index is 1040. The molecule has 0 radical (unpaired) electrons. The molecule has 0 spiro atoms. The van der Waals surface area contributed by atoms with Crippen LogP contribution in [-0.4, -0.2) is 80.8 Å². The standard InChI is InChI=1S/C21H27N7O2/c1-30-13-12-28-20(23-24-25-28)21(27-9-2-3-10-27)7-11-26(15-21)19(29)17-5-4-16-6-8-22-18(16)14-17/h4-6,8,14,22H,2-3,7,9-13,15H2,1H3. The molecule has 30 heavy (non-hydrogen) atoms. The molecule has 1 atom stereocenters. The summed E-state index contributed by atoms with van der Waals surface area (Å²) < 4.78 is 7.09. The van der Waals surface area contributed by atoms with Crippen LogP contribution in [0.2, 0.25) is 0 Å². The SMILES string of the molecule is COCCn1nnnc1C1(N2CCCC2)CCN(C(=O)c2ccc3cc[nH]c3c2)C1. The van der Waals surface area contributed by atoms with Gasteiger partial charge >= 0.3 is 0 Å². The van der Waals surface area contributed by atoms with Crippen molar-refractivity contribution in [3.05, 3.63) is 41.9 Å². The minimum Gasteiger partial charge on any atom is -0.383 e. The van der Waals surface area contributed by atoms with Gasteiger partial charge in [-0.15, -0.1) is 5.10 Å². The summed E-state index contributed by atoms with van der Waals surface area (Å²) in [5, 5.41) is 13.7. The van der Waals surface area contributed by atoms with Gasteiger partial charge in [-0.1, -0.05) is 6.07 Å². The van der Waals surface area contributed by atoms with E-state index in [1.54, 1.807) is 7.11 Å². The number of methoxy groups -OCH3 is 1. The van der Waals surface area contributed by atoms with Crippen LogP contribution in [0.4, 0.5) is 0 Å². The number of amides is 1. The van der Waals surface area contributed by atoms with Crippen LogP contribution in [0.1, 0.15) is 35.4 Å². The molecule has 2 aromatic heterocycles. The second-order valence-corrected chi connectivity index (χ2v) is 8.20. The molecule has 2 aliphatic heterocycles. The second-order valence-electron chi connectivity index (χ2n) is 8.20. The van der Waals surface area contributed by atoms with Gasteiger partial charge in [-0.05, 0) is 66.4 Å². The monoisotopic (exact) mass is 409 g/mol. The first-order valence-corrected chi connectivity index (χ1v) is 10.6. The van der Waals surface area contributed by atoms with Crippen LogP contribution in [0.3, 0.4) is 0 Å². The maximum atomic E-state index is 13.4. The van der Waals surface area contributed by atoms with Crippen LogP contribution in [-0.2, 0) is 16.8 Å². The average molecular weight is 409 g/mol. The fraction of sp³-hybridized carbons (Fsp3) is 0.524. The van der Waals surface area contributed by atoms with E-state index < -0.39 is 0 Å². The van der Waals surface area contributed by atoms with Crippen LogP contribution in [0, 0.1) is 0 Å². The Morgan fingerprint density at radius 3 is 2.93 bits per heavy atom. The summed E-state index contributed by atoms with van der Waals surface area (Å²) in [5.74, 6) is 0.903. The summed E-state index contributed by atoms with van der Waals surface area (Å²) in [6.45, 7) is 4.46. The van der Waals surface area contributed by atoms with Gasteiger partial charge in [-0.2, -0.15) is 0 Å². The highest BCUT2D eigenvalue weighted by Crippen LogP contribution is 2.39. The van der Waals surface area contributed by atoms with E-state index in [0.29, 0.717) is 31.8 Å². The van der Waals surface area contributed by atoms with Gasteiger partial charge in [0.15, 0.2) is 5.82 Å². The summed E-state index contributed by atoms with van der Waals surface area (Å²) in [7, 11) is 1.68. The molecule has 2 aliphatic rings. The van der Waals surface area contributed by atoms with Gasteiger partial charge in [0.25, 0.3) is 5.91 Å². The minimum atomic E-state index is -0.347. The van der Waals surface area contributed by atoms with E-state index in [9.17, 15) is 4.79 Å². The van der Waals surface area contributed by atoms with Gasteiger partial charge in [0, 0.05) is 37.5 Å². The average Bonchev–Trinajstić information content (AvgIpc) is 3.55. The van der Waals surface area contributed by atoms with Crippen molar-refractivity contribution >= 4 is 16.8 Å². The highest BCUT2D eigenvalue weighted by atomic mass is 16.5. The molecule has 1 amide bonds. The smallest absolute Gasteiger partial charge is 0.254 e. The molecular formula is C21H27N7O2. The third-order valence-electron chi connectivity index (χ3n) is 6.50. The van der Waals surface area contributed by atoms with Gasteiger partial charge in [0.1, 0.15) is 5.54 Å². The highest BCUT2D eigenvalue weighted by Gasteiger charge is 2.50. The van der Waals surface area contributed by atoms with Crippen molar-refractivity contribution in [1.82, 2.24) is 35.0 Å². The van der Waals surface area contributed by atoms with E-state index >= 15 is 0 Å². The summed E-state index contributed by atoms with van der Waals surface area (Å²) in [6.07, 6.45) is 5.06. The summed E-state index contributed by atoms with van der Waals surface area (Å²) >= 11 is 0. The summed E-state index contributed by atoms with van der Waals surface area (Å²) in [4.78, 5) is 21.0. The third-order valence-corrected chi connectivity index (χ3v) is 6.50. The zero-order chi connectivity index (χ0) is 20.6. The third kappa shape index (κ3) is 3.18. The number of carbonyl (C=O) groups excluding carboxylic acids is 1. The number of aromatic amines is 1. The Morgan fingerprint density at radius 2 is 2.10 bits per heavy atom. The van der Waals surface area contributed by atoms with Crippen LogP contribution in [0.5, 0.6) is 0 Å². The number of rotatable bonds is 6. The van der Waals surface area contributed by atoms with Crippen molar-refractivity contribution in [1.29, 1.82) is 0 Å². The number of H-pyrrole nitrogens is 1. The quantitative estimate of drug-likeness (QED) is 0.665. The maximum absolute atomic E-state index is 13.4. The lowest BCUT2D eigenvalue weighted by atomic mass is 9.95. The Hall–Kier alpha value is -2.78. The topological polar surface area (TPSA) is 92.2 Å². The molecule has 9 nitrogen and oxygen atoms in total. The lowest BCUT2D eigenvalue weighted by Crippen LogP contribution is -2.49. The molecule has 9 heteroatoms. The lowest BCUT2D eigenvalue weighted by Gasteiger charge is -2.37. The summed E-state index contributed by atoms with van der Waals surface area (Å²) in [6, 6.07) is 7.86. The normalized spacial score (nSPS) is 22.4. The van der Waals surface area contributed by atoms with E-state index in [1.165, 1.54) is 12.8 Å². The molecule has 1 N–H and O–H groups in total. The first-order chi connectivity index (χ1) is 14.7. The molecule has 0 saturated carbocycles. The molecule has 5 rings (SSSR count). The molecule has 0 aliphatic carbocycles. The highest BCUT2D eigenvalue weighted by molar-refractivity contribution is 5.98. The van der Waals surface area contributed by atoms with Gasteiger partial charge in [-0.3, -0.25) is 9.69 Å². The van der Waals surface area contributed by atoms with Crippen LogP contribution < -0.4 is 0 Å². The van der Waals surface area contributed by atoms with Crippen LogP contribution in [0.15, 0.2) is 30.5 Å². The molecule has 2 saturated heterocycles. The fourth-order valence-electron chi connectivity index (χ4n) is 4.92. The zero-order valence-electron chi connectivity index (χ0n) is 17.3. The molecule has 2 fully saturated rings. The number of nitrogens with zero attached hydrogens (tertiary/aromatic N) is 6. The number of aromatic nitrogens is 5. The molecule has 158 valence electrons. The number of tetrazole rings is 1. The number of benzene rings is 1. The van der Waals surface area contributed by atoms with Gasteiger partial charge < -0.3 is 14.6 Å². The number of fused-ring (bicyclic) bond motifs is 1. The molecule has 0 bridgehead atoms. The van der Waals surface area contributed by atoms with Gasteiger partial charge in [0.2, 0.25) is 0 Å². The Balaban J connectivity index is 1.45. The van der Waals surface area contributed by atoms with Crippen molar-refractivity contribution in [3.63, 3.8) is 0 Å². The van der Waals surface area contributed by atoms with Crippen molar-refractivity contribution in [2.45, 2.75) is 31.3 Å². The first-order valence-electron chi connectivity index (χ1n) is 10.6. The van der Waals surface area contributed by atoms with Gasteiger partial charge in [0.05, 0.1) is 13.2 Å². The molecule has 4 heterocycles. The Labute approximate surface area is 175 Å². The first kappa shape index (κ1) is 19.2. The van der Waals surface area contributed by atoms with E-state index in [1.807, 2.05) is 40.0 Å². The van der Waals surface area contributed by atoms with Crippen LogP contribution in [0.25, 0.3) is 10.9 Å². The lowest BCUT2D eigenvalue weighted by molar-refractivity contribution is 0.0698. The molecule has 1 aromatic carbocycles. The number of likely N-dealkylation sites (tertiary alicyclic amines) is 2. The maximum Gasteiger partial charge on any atom is 0.254 e. The largest absolute Gasteiger partial charge is 0.383 e. The van der Waals surface area contributed by atoms with Crippen molar-refractivity contribution in [2.75, 3.05) is 39.9 Å². The van der Waals surface area contributed by atoms with Crippen molar-refractivity contribution in [3.8, 4) is 0 Å². The molecular weight excluding hydrogens is 382 g/mol. The van der Waals surface area contributed by atoms with E-state index in [-0.39, 0.29) is 11.4 Å². The molecule has 1 unspecified atom stereocenters. The zero-order valence-corrected chi connectivity index (χ0v) is 17.3. The number of hydrogen-bond acceptors (Lipinski definition) is 6. The van der Waals surface area contributed by atoms with Crippen molar-refractivity contribution < 1.29 is 9.53 Å². The number of nitrogens with one attached hydrogen (secondary N) is 1. The summed E-state index contributed by atoms with van der Waals surface area (Å²) in [5.41, 5.74) is 1.34. The van der Waals surface area contributed by atoms with E-state index in [0.717, 1.165) is 36.2 Å². The fourth-order valence-corrected chi connectivity index (χ4v) is 4.92. The Morgan fingerprint density at radius 1 is 1.23 bits per heavy atom. The number of hydrogen-bond donors (Lipinski definition) is 1. The van der Waals surface area contributed by atoms with E-state index in [4.69, 9.17) is 4.74 Å². The van der Waals surface area contributed by atoms with Crippen molar-refractivity contribution in [2.24, 2.45) is 0 Å². The predicted octanol–water partition coefficient (Wildman–Crippen LogP) is 1.64. The number of carbonyl (C=O) groups is 1.